The van der Waals surface area contributed by atoms with E-state index in [0.29, 0.717) is 5.75 Å². The Labute approximate surface area is 117 Å². The minimum Gasteiger partial charge on any atom is -0.394 e. The Bertz CT molecular complexity index is 341. The first-order valence-electron chi connectivity index (χ1n) is 5.84. The van der Waals surface area contributed by atoms with E-state index >= 15 is 0 Å². The van der Waals surface area contributed by atoms with Crippen LogP contribution in [0.5, 0.6) is 0 Å². The number of hydrogen-bond acceptors (Lipinski definition) is 6. The number of alkyl halides is 3. The van der Waals surface area contributed by atoms with Gasteiger partial charge in [-0.25, -0.2) is 0 Å². The van der Waals surface area contributed by atoms with Crippen molar-refractivity contribution in [2.45, 2.75) is 42.9 Å². The predicted molar refractivity (Wildman–Crippen MR) is 63.9 cm³/mol. The molecule has 4 N–H and O–H groups in total. The number of nitrogens with one attached hydrogen (secondary N) is 1. The summed E-state index contributed by atoms with van der Waals surface area (Å²) in [6, 6.07) is -1.32. The standard InChI is InChI=1S/C10H16F3NO5S/c1-2-20-8-5(14-9(18)10(11,12)13)6(17)7(19-8)4(16)3-15/h4-8,15-17H,2-3H2,1H3,(H,14,18)/t4-,5-,6+,7+,8+/m1/s1. The van der Waals surface area contributed by atoms with Crippen LogP contribution in [-0.4, -0.2) is 69.6 Å². The molecule has 1 rings (SSSR count). The van der Waals surface area contributed by atoms with Crippen molar-refractivity contribution in [2.24, 2.45) is 0 Å². The van der Waals surface area contributed by atoms with Crippen LogP contribution < -0.4 is 5.32 Å². The van der Waals surface area contributed by atoms with Gasteiger partial charge in [0.2, 0.25) is 0 Å². The van der Waals surface area contributed by atoms with Crippen LogP contribution in [0.15, 0.2) is 0 Å². The molecule has 1 aliphatic rings. The average molecular weight is 319 g/mol. The van der Waals surface area contributed by atoms with Crippen molar-refractivity contribution in [1.82, 2.24) is 5.32 Å². The van der Waals surface area contributed by atoms with Crippen LogP contribution in [0.4, 0.5) is 13.2 Å². The number of aliphatic hydroxyl groups excluding tert-OH is 3. The molecule has 20 heavy (non-hydrogen) atoms. The van der Waals surface area contributed by atoms with Crippen LogP contribution in [0.2, 0.25) is 0 Å². The fourth-order valence-electron chi connectivity index (χ4n) is 1.80. The summed E-state index contributed by atoms with van der Waals surface area (Å²) in [5.74, 6) is -1.72. The summed E-state index contributed by atoms with van der Waals surface area (Å²) in [7, 11) is 0. The van der Waals surface area contributed by atoms with Gasteiger partial charge >= 0.3 is 12.1 Å². The van der Waals surface area contributed by atoms with Gasteiger partial charge in [0.25, 0.3) is 0 Å². The van der Waals surface area contributed by atoms with Crippen LogP contribution in [0.3, 0.4) is 0 Å². The first-order chi connectivity index (χ1) is 9.22. The second-order valence-electron chi connectivity index (χ2n) is 4.16. The van der Waals surface area contributed by atoms with Crippen LogP contribution in [0, 0.1) is 0 Å². The Morgan fingerprint density at radius 2 is 2.10 bits per heavy atom. The fraction of sp³-hybridized carbons (Fsp3) is 0.900. The molecule has 1 saturated heterocycles. The molecule has 0 bridgehead atoms. The van der Waals surface area contributed by atoms with E-state index in [-0.39, 0.29) is 0 Å². The quantitative estimate of drug-likeness (QED) is 0.531. The van der Waals surface area contributed by atoms with Gasteiger partial charge in [0, 0.05) is 0 Å². The van der Waals surface area contributed by atoms with Gasteiger partial charge in [-0.1, -0.05) is 6.92 Å². The number of halogens is 3. The summed E-state index contributed by atoms with van der Waals surface area (Å²) in [5, 5.41) is 29.8. The Morgan fingerprint density at radius 3 is 2.55 bits per heavy atom. The molecular weight excluding hydrogens is 303 g/mol. The van der Waals surface area contributed by atoms with E-state index in [1.54, 1.807) is 12.2 Å². The second-order valence-corrected chi connectivity index (χ2v) is 5.54. The van der Waals surface area contributed by atoms with Gasteiger partial charge in [0.15, 0.2) is 0 Å². The molecule has 0 radical (unpaired) electrons. The molecule has 0 aromatic heterocycles. The van der Waals surface area contributed by atoms with Crippen LogP contribution in [0.25, 0.3) is 0 Å². The number of amides is 1. The van der Waals surface area contributed by atoms with Crippen molar-refractivity contribution in [1.29, 1.82) is 0 Å². The number of hydrogen-bond donors (Lipinski definition) is 4. The molecule has 1 heterocycles. The highest BCUT2D eigenvalue weighted by Gasteiger charge is 2.50. The molecule has 0 aromatic rings. The Kier molecular flexibility index (Phi) is 6.07. The third kappa shape index (κ3) is 3.98. The molecule has 0 spiro atoms. The monoisotopic (exact) mass is 319 g/mol. The lowest BCUT2D eigenvalue weighted by atomic mass is 10.0. The third-order valence-electron chi connectivity index (χ3n) is 2.74. The normalized spacial score (nSPS) is 32.1. The lowest BCUT2D eigenvalue weighted by molar-refractivity contribution is -0.175. The van der Waals surface area contributed by atoms with Crippen LogP contribution in [-0.2, 0) is 9.53 Å². The average Bonchev–Trinajstić information content (AvgIpc) is 2.66. The Morgan fingerprint density at radius 1 is 1.50 bits per heavy atom. The summed E-state index contributed by atoms with van der Waals surface area (Å²) < 4.78 is 41.9. The fourth-order valence-corrected chi connectivity index (χ4v) is 2.77. The van der Waals surface area contributed by atoms with Crippen molar-refractivity contribution in [3.8, 4) is 0 Å². The molecular formula is C10H16F3NO5S. The number of aliphatic hydroxyl groups is 3. The van der Waals surface area contributed by atoms with Gasteiger partial charge in [0.05, 0.1) is 12.6 Å². The van der Waals surface area contributed by atoms with Gasteiger partial charge in [-0.2, -0.15) is 13.2 Å². The predicted octanol–water partition coefficient (Wildman–Crippen LogP) is -0.774. The third-order valence-corrected chi connectivity index (χ3v) is 3.81. The molecule has 0 aliphatic carbocycles. The van der Waals surface area contributed by atoms with E-state index in [4.69, 9.17) is 9.84 Å². The zero-order valence-corrected chi connectivity index (χ0v) is 11.3. The largest absolute Gasteiger partial charge is 0.471 e. The van der Waals surface area contributed by atoms with Crippen molar-refractivity contribution >= 4 is 17.7 Å². The molecule has 0 saturated carbocycles. The van der Waals surface area contributed by atoms with Crippen molar-refractivity contribution < 1.29 is 38.0 Å². The lowest BCUT2D eigenvalue weighted by Crippen LogP contribution is -2.52. The molecule has 1 aliphatic heterocycles. The van der Waals surface area contributed by atoms with Gasteiger partial charge in [-0.3, -0.25) is 4.79 Å². The summed E-state index contributed by atoms with van der Waals surface area (Å²) in [4.78, 5) is 10.9. The van der Waals surface area contributed by atoms with Crippen LogP contribution >= 0.6 is 11.8 Å². The summed E-state index contributed by atoms with van der Waals surface area (Å²) in [6.45, 7) is 1.00. The van der Waals surface area contributed by atoms with Gasteiger partial charge < -0.3 is 25.4 Å². The first-order valence-corrected chi connectivity index (χ1v) is 6.89. The molecule has 6 nitrogen and oxygen atoms in total. The molecule has 0 aromatic carbocycles. The van der Waals surface area contributed by atoms with Gasteiger partial charge in [0.1, 0.15) is 23.7 Å². The summed E-state index contributed by atoms with van der Waals surface area (Å²) >= 11 is 1.08. The Balaban J connectivity index is 2.82. The van der Waals surface area contributed by atoms with E-state index < -0.39 is 48.5 Å². The van der Waals surface area contributed by atoms with E-state index in [0.717, 1.165) is 11.8 Å². The summed E-state index contributed by atoms with van der Waals surface area (Å²) in [5.41, 5.74) is -0.938. The molecule has 1 amide bonds. The number of carbonyl (C=O) groups is 1. The second kappa shape index (κ2) is 6.94. The highest BCUT2D eigenvalue weighted by molar-refractivity contribution is 7.99. The maximum Gasteiger partial charge on any atom is 0.471 e. The van der Waals surface area contributed by atoms with Crippen LogP contribution in [0.1, 0.15) is 6.92 Å². The van der Waals surface area contributed by atoms with Gasteiger partial charge in [-0.15, -0.1) is 11.8 Å². The smallest absolute Gasteiger partial charge is 0.394 e. The zero-order valence-electron chi connectivity index (χ0n) is 10.5. The molecule has 5 atom stereocenters. The summed E-state index contributed by atoms with van der Waals surface area (Å²) in [6.07, 6.45) is -9.33. The number of rotatable bonds is 5. The van der Waals surface area contributed by atoms with Crippen molar-refractivity contribution in [3.63, 3.8) is 0 Å². The van der Waals surface area contributed by atoms with Crippen molar-refractivity contribution in [2.75, 3.05) is 12.4 Å². The Hall–Kier alpha value is -0.550. The minimum atomic E-state index is -5.07. The molecule has 1 fully saturated rings. The van der Waals surface area contributed by atoms with E-state index in [1.807, 2.05) is 0 Å². The SMILES string of the molecule is CCS[C@@H]1O[C@@H]([C@H](O)CO)[C@@H](O)[C@H]1NC(=O)C(F)(F)F. The maximum absolute atomic E-state index is 12.2. The number of thioether (sulfide) groups is 1. The van der Waals surface area contributed by atoms with E-state index in [9.17, 15) is 28.2 Å². The molecule has 10 heteroatoms. The highest BCUT2D eigenvalue weighted by atomic mass is 32.2. The lowest BCUT2D eigenvalue weighted by Gasteiger charge is -2.22. The topological polar surface area (TPSA) is 99.0 Å². The van der Waals surface area contributed by atoms with Gasteiger partial charge in [-0.05, 0) is 5.75 Å². The van der Waals surface area contributed by atoms with Crippen molar-refractivity contribution in [3.05, 3.63) is 0 Å². The van der Waals surface area contributed by atoms with E-state index in [2.05, 4.69) is 0 Å². The minimum absolute atomic E-state index is 0.470. The first kappa shape index (κ1) is 17.5. The molecule has 0 unspecified atom stereocenters. The maximum atomic E-state index is 12.2. The molecule has 118 valence electrons. The highest BCUT2D eigenvalue weighted by Crippen LogP contribution is 2.31. The zero-order chi connectivity index (χ0) is 15.5. The number of carbonyl (C=O) groups excluding carboxylic acids is 1. The number of ether oxygens (including phenoxy) is 1. The van der Waals surface area contributed by atoms with E-state index in [1.165, 1.54) is 0 Å².